The van der Waals surface area contributed by atoms with Crippen LogP contribution in [0.3, 0.4) is 0 Å². The molecule has 0 saturated heterocycles. The highest BCUT2D eigenvalue weighted by Crippen LogP contribution is 2.29. The average molecular weight is 238 g/mol. The average Bonchev–Trinajstić information content (AvgIpc) is 2.74. The first-order valence-corrected chi connectivity index (χ1v) is 6.15. The van der Waals surface area contributed by atoms with Crippen LogP contribution in [0.1, 0.15) is 44.2 Å². The topological polar surface area (TPSA) is 45.1 Å². The summed E-state index contributed by atoms with van der Waals surface area (Å²) in [4.78, 5) is 3.82. The summed E-state index contributed by atoms with van der Waals surface area (Å²) < 4.78 is 13.0. The second-order valence-electron chi connectivity index (χ2n) is 4.97. The number of rotatable bonds is 4. The molecule has 0 spiro atoms. The van der Waals surface area contributed by atoms with Crippen LogP contribution in [0.25, 0.3) is 0 Å². The Morgan fingerprint density at radius 3 is 2.82 bits per heavy atom. The molecule has 1 atom stereocenters. The smallest absolute Gasteiger partial charge is 0.141 e. The summed E-state index contributed by atoms with van der Waals surface area (Å²) in [6, 6.07) is 1.48. The molecule has 0 bridgehead atoms. The van der Waals surface area contributed by atoms with Gasteiger partial charge in [-0.2, -0.15) is 0 Å². The molecule has 0 amide bonds. The molecule has 0 aromatic carbocycles. The summed E-state index contributed by atoms with van der Waals surface area (Å²) >= 11 is 0. The second-order valence-corrected chi connectivity index (χ2v) is 4.97. The number of aromatic nitrogens is 1. The fraction of sp³-hybridized carbons (Fsp3) is 0.615. The van der Waals surface area contributed by atoms with Crippen LogP contribution in [0.15, 0.2) is 18.5 Å². The largest absolute Gasteiger partial charge is 0.389 e. The Balaban J connectivity index is 1.91. The molecule has 3 nitrogen and oxygen atoms in total. The molecule has 4 heteroatoms. The van der Waals surface area contributed by atoms with Gasteiger partial charge >= 0.3 is 0 Å². The Bertz CT molecular complexity index is 377. The van der Waals surface area contributed by atoms with Crippen LogP contribution in [-0.2, 0) is 0 Å². The van der Waals surface area contributed by atoms with E-state index in [-0.39, 0.29) is 11.9 Å². The molecule has 1 unspecified atom stereocenters. The Morgan fingerprint density at radius 2 is 2.18 bits per heavy atom. The Kier molecular flexibility index (Phi) is 3.74. The van der Waals surface area contributed by atoms with E-state index in [4.69, 9.17) is 0 Å². The lowest BCUT2D eigenvalue weighted by Gasteiger charge is -2.25. The van der Waals surface area contributed by atoms with Gasteiger partial charge in [0.25, 0.3) is 0 Å². The number of nitrogens with one attached hydrogen (secondary N) is 1. The minimum Gasteiger partial charge on any atom is -0.389 e. The third kappa shape index (κ3) is 3.23. The van der Waals surface area contributed by atoms with Crippen LogP contribution in [0.5, 0.6) is 0 Å². The van der Waals surface area contributed by atoms with E-state index in [0.29, 0.717) is 6.54 Å². The van der Waals surface area contributed by atoms with Gasteiger partial charge in [0.1, 0.15) is 5.82 Å². The number of pyridine rings is 1. The minimum absolute atomic E-state index is 0.00262. The third-order valence-corrected chi connectivity index (χ3v) is 3.50. The third-order valence-electron chi connectivity index (χ3n) is 3.50. The van der Waals surface area contributed by atoms with Gasteiger partial charge < -0.3 is 10.4 Å². The normalized spacial score (nSPS) is 20.4. The zero-order chi connectivity index (χ0) is 12.3. The monoisotopic (exact) mass is 238 g/mol. The van der Waals surface area contributed by atoms with Crippen molar-refractivity contribution in [3.05, 3.63) is 29.8 Å². The SMILES string of the molecule is CC(NCC1(O)CCCC1)c1cncc(F)c1. The lowest BCUT2D eigenvalue weighted by atomic mass is 10.0. The molecule has 0 aliphatic heterocycles. The summed E-state index contributed by atoms with van der Waals surface area (Å²) in [5, 5.41) is 13.4. The first-order chi connectivity index (χ1) is 8.09. The van der Waals surface area contributed by atoms with Crippen molar-refractivity contribution in [2.75, 3.05) is 6.54 Å². The van der Waals surface area contributed by atoms with Crippen molar-refractivity contribution >= 4 is 0 Å². The Hall–Kier alpha value is -1.00. The molecule has 1 saturated carbocycles. The maximum atomic E-state index is 13.0. The molecule has 1 heterocycles. The van der Waals surface area contributed by atoms with Crippen molar-refractivity contribution in [2.24, 2.45) is 0 Å². The van der Waals surface area contributed by atoms with Gasteiger partial charge in [0.2, 0.25) is 0 Å². The van der Waals surface area contributed by atoms with E-state index in [2.05, 4.69) is 10.3 Å². The van der Waals surface area contributed by atoms with Crippen molar-refractivity contribution in [1.82, 2.24) is 10.3 Å². The van der Waals surface area contributed by atoms with Crippen molar-refractivity contribution in [2.45, 2.75) is 44.2 Å². The van der Waals surface area contributed by atoms with E-state index >= 15 is 0 Å². The maximum absolute atomic E-state index is 13.0. The standard InChI is InChI=1S/C13H19FN2O/c1-10(11-6-12(14)8-15-7-11)16-9-13(17)4-2-3-5-13/h6-8,10,16-17H,2-5,9H2,1H3. The Labute approximate surface area is 101 Å². The van der Waals surface area contributed by atoms with E-state index in [1.807, 2.05) is 6.92 Å². The summed E-state index contributed by atoms with van der Waals surface area (Å²) in [7, 11) is 0. The molecule has 1 aliphatic rings. The summed E-state index contributed by atoms with van der Waals surface area (Å²) in [5.41, 5.74) is 0.237. The number of hydrogen-bond donors (Lipinski definition) is 2. The molecule has 1 aliphatic carbocycles. The predicted octanol–water partition coefficient (Wildman–Crippen LogP) is 2.18. The van der Waals surface area contributed by atoms with Gasteiger partial charge in [0, 0.05) is 18.8 Å². The highest BCUT2D eigenvalue weighted by Gasteiger charge is 2.31. The van der Waals surface area contributed by atoms with Crippen LogP contribution in [0.4, 0.5) is 4.39 Å². The molecular formula is C13H19FN2O. The van der Waals surface area contributed by atoms with Gasteiger partial charge in [0.15, 0.2) is 0 Å². The highest BCUT2D eigenvalue weighted by atomic mass is 19.1. The van der Waals surface area contributed by atoms with Crippen molar-refractivity contribution in [3.63, 3.8) is 0 Å². The summed E-state index contributed by atoms with van der Waals surface area (Å²) in [5.74, 6) is -0.323. The lowest BCUT2D eigenvalue weighted by molar-refractivity contribution is 0.0453. The molecular weight excluding hydrogens is 219 g/mol. The molecule has 1 aromatic rings. The van der Waals surface area contributed by atoms with Gasteiger partial charge in [-0.3, -0.25) is 4.98 Å². The van der Waals surface area contributed by atoms with E-state index < -0.39 is 5.60 Å². The van der Waals surface area contributed by atoms with E-state index in [1.54, 1.807) is 6.20 Å². The van der Waals surface area contributed by atoms with Crippen molar-refractivity contribution in [1.29, 1.82) is 0 Å². The first-order valence-electron chi connectivity index (χ1n) is 6.15. The van der Waals surface area contributed by atoms with Gasteiger partial charge in [-0.15, -0.1) is 0 Å². The summed E-state index contributed by atoms with van der Waals surface area (Å²) in [6.07, 6.45) is 6.74. The van der Waals surface area contributed by atoms with Gasteiger partial charge in [0.05, 0.1) is 11.8 Å². The van der Waals surface area contributed by atoms with Crippen LogP contribution >= 0.6 is 0 Å². The second kappa shape index (κ2) is 5.10. The molecule has 94 valence electrons. The van der Waals surface area contributed by atoms with Crippen molar-refractivity contribution in [3.8, 4) is 0 Å². The highest BCUT2D eigenvalue weighted by molar-refractivity contribution is 5.14. The molecule has 1 fully saturated rings. The van der Waals surface area contributed by atoms with Gasteiger partial charge in [-0.1, -0.05) is 12.8 Å². The predicted molar refractivity (Wildman–Crippen MR) is 64.0 cm³/mol. The van der Waals surface area contributed by atoms with Crippen LogP contribution in [-0.4, -0.2) is 22.2 Å². The molecule has 2 N–H and O–H groups in total. The minimum atomic E-state index is -0.574. The first kappa shape index (κ1) is 12.5. The fourth-order valence-corrected chi connectivity index (χ4v) is 2.34. The van der Waals surface area contributed by atoms with Gasteiger partial charge in [-0.25, -0.2) is 4.39 Å². The Morgan fingerprint density at radius 1 is 1.47 bits per heavy atom. The number of nitrogens with zero attached hydrogens (tertiary/aromatic N) is 1. The molecule has 1 aromatic heterocycles. The zero-order valence-electron chi connectivity index (χ0n) is 10.1. The van der Waals surface area contributed by atoms with Crippen molar-refractivity contribution < 1.29 is 9.50 Å². The maximum Gasteiger partial charge on any atom is 0.141 e. The number of halogens is 1. The van der Waals surface area contributed by atoms with Crippen LogP contribution in [0, 0.1) is 5.82 Å². The summed E-state index contributed by atoms with van der Waals surface area (Å²) in [6.45, 7) is 2.51. The number of hydrogen-bond acceptors (Lipinski definition) is 3. The van der Waals surface area contributed by atoms with E-state index in [0.717, 1.165) is 31.2 Å². The van der Waals surface area contributed by atoms with Crippen LogP contribution in [0.2, 0.25) is 0 Å². The number of aliphatic hydroxyl groups is 1. The van der Waals surface area contributed by atoms with E-state index in [1.165, 1.54) is 12.3 Å². The quantitative estimate of drug-likeness (QED) is 0.845. The van der Waals surface area contributed by atoms with Gasteiger partial charge in [-0.05, 0) is 31.4 Å². The molecule has 0 radical (unpaired) electrons. The molecule has 2 rings (SSSR count). The lowest BCUT2D eigenvalue weighted by Crippen LogP contribution is -2.39. The molecule has 17 heavy (non-hydrogen) atoms. The fourth-order valence-electron chi connectivity index (χ4n) is 2.34. The zero-order valence-corrected chi connectivity index (χ0v) is 10.1. The van der Waals surface area contributed by atoms with Crippen LogP contribution < -0.4 is 5.32 Å². The van der Waals surface area contributed by atoms with E-state index in [9.17, 15) is 9.50 Å².